The summed E-state index contributed by atoms with van der Waals surface area (Å²) in [5.41, 5.74) is 15.5. The molecule has 0 N–H and O–H groups in total. The number of aryl methyl sites for hydroxylation is 2. The molecule has 0 bridgehead atoms. The van der Waals surface area contributed by atoms with Gasteiger partial charge in [0, 0.05) is 39.5 Å². The van der Waals surface area contributed by atoms with Crippen LogP contribution in [-0.2, 0) is 10.8 Å². The van der Waals surface area contributed by atoms with Crippen LogP contribution in [0.3, 0.4) is 0 Å². The Balaban J connectivity index is 1.18. The molecule has 248 valence electrons. The number of imidazole rings is 1. The van der Waals surface area contributed by atoms with Crippen molar-refractivity contribution in [1.29, 1.82) is 0 Å². The summed E-state index contributed by atoms with van der Waals surface area (Å²) in [5, 5.41) is 0. The first kappa shape index (κ1) is 29.9. The number of anilines is 2. The smallest absolute Gasteiger partial charge is 0.372 e. The van der Waals surface area contributed by atoms with Gasteiger partial charge in [-0.25, -0.2) is 4.57 Å². The van der Waals surface area contributed by atoms with E-state index in [4.69, 9.17) is 0 Å². The number of nitrogens with zero attached hydrogens (tertiary/aromatic N) is 5. The maximum atomic E-state index is 2.83. The maximum absolute atomic E-state index is 2.83. The highest BCUT2D eigenvalue weighted by Crippen LogP contribution is 2.74. The first-order valence-electron chi connectivity index (χ1n) is 18.3. The summed E-state index contributed by atoms with van der Waals surface area (Å²) in [6, 6.07) is 32.9. The quantitative estimate of drug-likeness (QED) is 0.0738. The molecule has 0 radical (unpaired) electrons. The van der Waals surface area contributed by atoms with Crippen molar-refractivity contribution in [2.75, 3.05) is 16.8 Å². The zero-order chi connectivity index (χ0) is 34.3. The van der Waals surface area contributed by atoms with Gasteiger partial charge in [0.15, 0.2) is 11.9 Å². The molecule has 4 aromatic carbocycles. The Morgan fingerprint density at radius 2 is 1.50 bits per heavy atom. The van der Waals surface area contributed by atoms with Crippen molar-refractivity contribution in [3.63, 3.8) is 0 Å². The number of halogens is 1. The van der Waals surface area contributed by atoms with E-state index >= 15 is 0 Å². The molecular formula is C43H43BIN5+2. The maximum Gasteiger partial charge on any atom is 0.537 e. The van der Waals surface area contributed by atoms with Gasteiger partial charge in [-0.1, -0.05) is 94.4 Å². The van der Waals surface area contributed by atoms with E-state index in [0.717, 1.165) is 9.12 Å². The third kappa shape index (κ3) is 3.06. The molecular weight excluding hydrogens is 724 g/mol. The Labute approximate surface area is 310 Å². The van der Waals surface area contributed by atoms with Crippen LogP contribution in [0.1, 0.15) is 73.9 Å². The van der Waals surface area contributed by atoms with Crippen molar-refractivity contribution in [2.24, 2.45) is 5.41 Å². The van der Waals surface area contributed by atoms with Crippen molar-refractivity contribution >= 4 is 52.4 Å². The van der Waals surface area contributed by atoms with Crippen molar-refractivity contribution in [3.8, 4) is 11.4 Å². The Kier molecular flexibility index (Phi) is 5.47. The number of aromatic nitrogens is 2. The molecule has 5 aromatic rings. The number of para-hydroxylation sites is 2. The van der Waals surface area contributed by atoms with Crippen molar-refractivity contribution in [2.45, 2.75) is 76.9 Å². The van der Waals surface area contributed by atoms with Crippen LogP contribution in [-0.4, -0.2) is 24.7 Å². The largest absolute Gasteiger partial charge is 0.537 e. The second-order valence-corrected chi connectivity index (χ2v) is 18.6. The molecule has 0 saturated heterocycles. The first-order chi connectivity index (χ1) is 23.9. The number of quaternary nitrogens is 1. The third-order valence-electron chi connectivity index (χ3n) is 14.6. The van der Waals surface area contributed by atoms with Gasteiger partial charge < -0.3 is 4.81 Å². The van der Waals surface area contributed by atoms with Crippen LogP contribution in [0.15, 0.2) is 109 Å². The summed E-state index contributed by atoms with van der Waals surface area (Å²) in [6.07, 6.45) is 8.82. The van der Waals surface area contributed by atoms with E-state index in [1.165, 1.54) is 67.4 Å². The lowest BCUT2D eigenvalue weighted by atomic mass is 9.50. The molecule has 5 aliphatic heterocycles. The second kappa shape index (κ2) is 9.15. The fraction of sp³-hybridized carbons (Fsp3) is 0.326. The summed E-state index contributed by atoms with van der Waals surface area (Å²) >= 11 is 2.83. The molecule has 5 atom stereocenters. The van der Waals surface area contributed by atoms with Crippen LogP contribution in [0, 0.1) is 19.3 Å². The van der Waals surface area contributed by atoms with Gasteiger partial charge in [-0.3, -0.25) is 9.38 Å². The van der Waals surface area contributed by atoms with Gasteiger partial charge in [-0.05, 0) is 61.7 Å². The molecule has 1 aliphatic carbocycles. The molecule has 6 heterocycles. The Hall–Kier alpha value is -3.82. The molecule has 1 fully saturated rings. The summed E-state index contributed by atoms with van der Waals surface area (Å²) in [7, 11) is 2.30. The van der Waals surface area contributed by atoms with Crippen LogP contribution in [0.2, 0.25) is 0 Å². The number of hydrogen-bond donors (Lipinski definition) is 0. The molecule has 7 heteroatoms. The van der Waals surface area contributed by atoms with Crippen LogP contribution in [0.5, 0.6) is 0 Å². The number of fused-ring (bicyclic) bond motifs is 13. The lowest BCUT2D eigenvalue weighted by Crippen LogP contribution is -2.72. The van der Waals surface area contributed by atoms with Crippen LogP contribution < -0.4 is 22.4 Å². The normalized spacial score (nSPS) is 29.4. The van der Waals surface area contributed by atoms with Crippen LogP contribution in [0.25, 0.3) is 11.4 Å². The third-order valence-corrected chi connectivity index (χ3v) is 15.9. The minimum absolute atomic E-state index is 0.0125. The van der Waals surface area contributed by atoms with E-state index in [2.05, 4.69) is 194 Å². The summed E-state index contributed by atoms with van der Waals surface area (Å²) in [4.78, 5) is 5.35. The average Bonchev–Trinajstić information content (AvgIpc) is 3.72. The minimum atomic E-state index is -0.0934. The van der Waals surface area contributed by atoms with E-state index in [1.807, 2.05) is 0 Å². The standard InChI is InChI=1S/C43H43BIN5/c1-26-14-12-15-27(2)37(26)44-46(7)33-20-13-16-28-29-24-43(38(29)47-22-23-48(44)39(47)36(28)33)31-18-9-11-21-34(31)50(45)25-35-42(5,6)41(3,4)30-17-8-10-19-32(30)49(35)40(43)50/h8-23,25,29,38,40H,24H2,1-7H3/q+2. The highest BCUT2D eigenvalue weighted by atomic mass is 127. The van der Waals surface area contributed by atoms with Crippen LogP contribution in [0.4, 0.5) is 17.1 Å². The lowest BCUT2D eigenvalue weighted by Gasteiger charge is -2.59. The van der Waals surface area contributed by atoms with Gasteiger partial charge in [-0.15, -0.1) is 0 Å². The Bertz CT molecular complexity index is 2370. The molecule has 50 heavy (non-hydrogen) atoms. The second-order valence-electron chi connectivity index (χ2n) is 17.0. The molecule has 5 nitrogen and oxygen atoms in total. The SMILES string of the molecule is Cc1cccc(C)c1B1N(C)c2cccc3c2-c2n1cc[n+]2C1C3CC12c1ccccc1[N+]1(I)C=C3N(c4ccccc4C(C)(C)C3(C)C)C21. The Morgan fingerprint density at radius 1 is 0.820 bits per heavy atom. The van der Waals surface area contributed by atoms with E-state index in [1.54, 1.807) is 0 Å². The molecule has 6 aliphatic rings. The number of hydrogen-bond acceptors (Lipinski definition) is 2. The summed E-state index contributed by atoms with van der Waals surface area (Å²) in [5.74, 6) is 1.80. The number of rotatable bonds is 1. The highest BCUT2D eigenvalue weighted by Gasteiger charge is 2.79. The molecule has 0 amide bonds. The average molecular weight is 768 g/mol. The summed E-state index contributed by atoms with van der Waals surface area (Å²) < 4.78 is 6.12. The first-order valence-corrected chi connectivity index (χ1v) is 19.3. The lowest BCUT2D eigenvalue weighted by molar-refractivity contribution is -0.739. The van der Waals surface area contributed by atoms with E-state index in [9.17, 15) is 0 Å². The fourth-order valence-corrected chi connectivity index (χ4v) is 13.1. The van der Waals surface area contributed by atoms with Crippen molar-refractivity contribution < 1.29 is 4.57 Å². The van der Waals surface area contributed by atoms with Gasteiger partial charge in [0.05, 0.1) is 16.9 Å². The van der Waals surface area contributed by atoms with Gasteiger partial charge in [0.2, 0.25) is 0 Å². The van der Waals surface area contributed by atoms with Crippen LogP contribution >= 0.6 is 22.9 Å². The molecule has 1 spiro atoms. The van der Waals surface area contributed by atoms with Gasteiger partial charge in [0.25, 0.3) is 28.7 Å². The van der Waals surface area contributed by atoms with Gasteiger partial charge in [-0.2, -0.15) is 2.70 Å². The topological polar surface area (TPSA) is 15.3 Å². The predicted octanol–water partition coefficient (Wildman–Crippen LogP) is 8.41. The monoisotopic (exact) mass is 767 g/mol. The summed E-state index contributed by atoms with van der Waals surface area (Å²) in [6.45, 7) is 14.5. The van der Waals surface area contributed by atoms with Gasteiger partial charge in [0.1, 0.15) is 30.1 Å². The van der Waals surface area contributed by atoms with E-state index in [-0.39, 0.29) is 29.4 Å². The molecule has 5 unspecified atom stereocenters. The predicted molar refractivity (Wildman–Crippen MR) is 213 cm³/mol. The molecule has 1 saturated carbocycles. The number of allylic oxidation sites excluding steroid dienone is 1. The minimum Gasteiger partial charge on any atom is -0.372 e. The van der Waals surface area contributed by atoms with Gasteiger partial charge >= 0.3 is 6.98 Å². The number of benzene rings is 4. The van der Waals surface area contributed by atoms with Crippen molar-refractivity contribution in [3.05, 3.63) is 137 Å². The van der Waals surface area contributed by atoms with E-state index < -0.39 is 0 Å². The van der Waals surface area contributed by atoms with Crippen molar-refractivity contribution in [1.82, 2.24) is 7.17 Å². The molecule has 1 aromatic heterocycles. The molecule has 11 rings (SSSR count). The zero-order valence-electron chi connectivity index (χ0n) is 29.9. The fourth-order valence-electron chi connectivity index (χ4n) is 11.7. The van der Waals surface area contributed by atoms with E-state index in [0.29, 0.717) is 12.0 Å². The zero-order valence-corrected chi connectivity index (χ0v) is 32.1. The Morgan fingerprint density at radius 3 is 2.28 bits per heavy atom. The highest BCUT2D eigenvalue weighted by molar-refractivity contribution is 14.1.